The lowest BCUT2D eigenvalue weighted by Crippen LogP contribution is -2.31. The lowest BCUT2D eigenvalue weighted by Gasteiger charge is -2.15. The molecule has 0 aliphatic carbocycles. The van der Waals surface area contributed by atoms with E-state index in [-0.39, 0.29) is 23.7 Å². The molecule has 8 heteroatoms. The number of anilines is 1. The summed E-state index contributed by atoms with van der Waals surface area (Å²) in [5.41, 5.74) is 2.73. The summed E-state index contributed by atoms with van der Waals surface area (Å²) in [6, 6.07) is 16.1. The fourth-order valence-corrected chi connectivity index (χ4v) is 3.97. The molecule has 0 unspecified atom stereocenters. The first-order chi connectivity index (χ1) is 15.5. The molecule has 1 aromatic heterocycles. The Balaban J connectivity index is 1.44. The summed E-state index contributed by atoms with van der Waals surface area (Å²) in [5, 5.41) is 5.46. The van der Waals surface area contributed by atoms with Crippen molar-refractivity contribution in [1.29, 1.82) is 0 Å². The van der Waals surface area contributed by atoms with E-state index in [1.807, 2.05) is 47.4 Å². The number of aromatic nitrogens is 2. The Bertz CT molecular complexity index is 1190. The van der Waals surface area contributed by atoms with Crippen LogP contribution in [0.1, 0.15) is 34.5 Å². The van der Waals surface area contributed by atoms with Crippen LogP contribution in [0.3, 0.4) is 0 Å². The van der Waals surface area contributed by atoms with Crippen LogP contribution in [0, 0.1) is 6.92 Å². The van der Waals surface area contributed by atoms with Gasteiger partial charge in [-0.05, 0) is 49.6 Å². The van der Waals surface area contributed by atoms with Gasteiger partial charge in [-0.25, -0.2) is 9.48 Å². The second kappa shape index (κ2) is 9.13. The number of hydrogen-bond acceptors (Lipinski definition) is 3. The molecule has 32 heavy (non-hydrogen) atoms. The van der Waals surface area contributed by atoms with E-state index in [9.17, 15) is 14.4 Å². The largest absolute Gasteiger partial charge is 0.339 e. The molecule has 3 amide bonds. The van der Waals surface area contributed by atoms with Gasteiger partial charge in [0.25, 0.3) is 11.5 Å². The van der Waals surface area contributed by atoms with Gasteiger partial charge in [0.15, 0.2) is 0 Å². The van der Waals surface area contributed by atoms with Gasteiger partial charge < -0.3 is 15.5 Å². The zero-order valence-electron chi connectivity index (χ0n) is 18.3. The SMILES string of the molecule is Cc1c(NC(=O)NCc2cccc(C(=O)N3CCCC3)c2)c(=O)n(-c2ccccc2)n1C. The molecular weight excluding hydrogens is 406 g/mol. The van der Waals surface area contributed by atoms with Crippen LogP contribution in [0.25, 0.3) is 5.69 Å². The minimum Gasteiger partial charge on any atom is -0.339 e. The maximum absolute atomic E-state index is 12.9. The molecule has 8 nitrogen and oxygen atoms in total. The van der Waals surface area contributed by atoms with Crippen molar-refractivity contribution in [2.45, 2.75) is 26.3 Å². The second-order valence-electron chi connectivity index (χ2n) is 7.94. The number of urea groups is 1. The lowest BCUT2D eigenvalue weighted by molar-refractivity contribution is 0.0792. The molecule has 0 saturated carbocycles. The van der Waals surface area contributed by atoms with Crippen molar-refractivity contribution in [1.82, 2.24) is 19.6 Å². The molecule has 1 aliphatic rings. The van der Waals surface area contributed by atoms with Crippen LogP contribution in [-0.2, 0) is 13.6 Å². The zero-order valence-corrected chi connectivity index (χ0v) is 18.3. The van der Waals surface area contributed by atoms with E-state index < -0.39 is 6.03 Å². The summed E-state index contributed by atoms with van der Waals surface area (Å²) in [4.78, 5) is 39.9. The molecule has 0 radical (unpaired) electrons. The molecule has 2 aromatic carbocycles. The second-order valence-corrected chi connectivity index (χ2v) is 7.94. The predicted molar refractivity (Wildman–Crippen MR) is 123 cm³/mol. The van der Waals surface area contributed by atoms with Gasteiger partial charge in [0.1, 0.15) is 5.69 Å². The summed E-state index contributed by atoms with van der Waals surface area (Å²) < 4.78 is 3.22. The van der Waals surface area contributed by atoms with Crippen LogP contribution in [0.15, 0.2) is 59.4 Å². The number of para-hydroxylation sites is 1. The number of carbonyl (C=O) groups is 2. The number of carbonyl (C=O) groups excluding carboxylic acids is 2. The van der Waals surface area contributed by atoms with E-state index in [0.29, 0.717) is 11.3 Å². The third-order valence-electron chi connectivity index (χ3n) is 5.81. The average Bonchev–Trinajstić information content (AvgIpc) is 3.42. The number of hydrogen-bond donors (Lipinski definition) is 2. The topological polar surface area (TPSA) is 88.4 Å². The summed E-state index contributed by atoms with van der Waals surface area (Å²) in [6.45, 7) is 3.61. The molecule has 1 aliphatic heterocycles. The molecular formula is C24H27N5O3. The minimum absolute atomic E-state index is 0.0233. The number of rotatable bonds is 5. The first-order valence-corrected chi connectivity index (χ1v) is 10.7. The molecule has 0 bridgehead atoms. The number of nitrogens with one attached hydrogen (secondary N) is 2. The minimum atomic E-state index is -0.479. The maximum atomic E-state index is 12.9. The van der Waals surface area contributed by atoms with Crippen molar-refractivity contribution in [3.8, 4) is 5.69 Å². The van der Waals surface area contributed by atoms with Gasteiger partial charge in [-0.1, -0.05) is 30.3 Å². The molecule has 1 saturated heterocycles. The van der Waals surface area contributed by atoms with Gasteiger partial charge in [0, 0.05) is 32.2 Å². The molecule has 1 fully saturated rings. The Labute approximate surface area is 186 Å². The van der Waals surface area contributed by atoms with Crippen molar-refractivity contribution >= 4 is 17.6 Å². The summed E-state index contributed by atoms with van der Waals surface area (Å²) >= 11 is 0. The smallest absolute Gasteiger partial charge is 0.319 e. The third-order valence-corrected chi connectivity index (χ3v) is 5.81. The standard InChI is InChI=1S/C24H27N5O3/c1-17-21(23(31)29(27(17)2)20-11-4-3-5-12-20)26-24(32)25-16-18-9-8-10-19(15-18)22(30)28-13-6-7-14-28/h3-5,8-12,15H,6-7,13-14,16H2,1-2H3,(H2,25,26,32). The maximum Gasteiger partial charge on any atom is 0.319 e. The Morgan fingerprint density at radius 3 is 2.44 bits per heavy atom. The van der Waals surface area contributed by atoms with Crippen LogP contribution in [0.2, 0.25) is 0 Å². The molecule has 3 aromatic rings. The van der Waals surface area contributed by atoms with Crippen molar-refractivity contribution in [2.24, 2.45) is 7.05 Å². The van der Waals surface area contributed by atoms with Crippen molar-refractivity contribution in [3.05, 3.63) is 81.8 Å². The van der Waals surface area contributed by atoms with E-state index in [0.717, 1.165) is 37.2 Å². The lowest BCUT2D eigenvalue weighted by atomic mass is 10.1. The normalized spacial score (nSPS) is 13.2. The highest BCUT2D eigenvalue weighted by molar-refractivity contribution is 5.94. The van der Waals surface area contributed by atoms with Crippen molar-refractivity contribution in [2.75, 3.05) is 18.4 Å². The Hall–Kier alpha value is -3.81. The third kappa shape index (κ3) is 4.30. The molecule has 0 spiro atoms. The fourth-order valence-electron chi connectivity index (χ4n) is 3.97. The fraction of sp³-hybridized carbons (Fsp3) is 0.292. The van der Waals surface area contributed by atoms with Gasteiger partial charge in [-0.3, -0.25) is 14.3 Å². The first-order valence-electron chi connectivity index (χ1n) is 10.7. The molecule has 4 rings (SSSR count). The number of nitrogens with zero attached hydrogens (tertiary/aromatic N) is 3. The van der Waals surface area contributed by atoms with E-state index in [2.05, 4.69) is 10.6 Å². The molecule has 2 N–H and O–H groups in total. The van der Waals surface area contributed by atoms with E-state index in [1.54, 1.807) is 30.8 Å². The summed E-state index contributed by atoms with van der Waals surface area (Å²) in [7, 11) is 1.77. The number of benzene rings is 2. The highest BCUT2D eigenvalue weighted by Crippen LogP contribution is 2.15. The van der Waals surface area contributed by atoms with Gasteiger partial charge >= 0.3 is 6.03 Å². The molecule has 166 valence electrons. The molecule has 2 heterocycles. The van der Waals surface area contributed by atoms with E-state index in [1.165, 1.54) is 4.68 Å². The van der Waals surface area contributed by atoms with Crippen molar-refractivity contribution in [3.63, 3.8) is 0 Å². The quantitative estimate of drug-likeness (QED) is 0.648. The number of likely N-dealkylation sites (tertiary alicyclic amines) is 1. The first kappa shape index (κ1) is 21.4. The van der Waals surface area contributed by atoms with Crippen LogP contribution in [0.5, 0.6) is 0 Å². The highest BCUT2D eigenvalue weighted by atomic mass is 16.2. The van der Waals surface area contributed by atoms with Gasteiger partial charge in [-0.15, -0.1) is 0 Å². The van der Waals surface area contributed by atoms with E-state index in [4.69, 9.17) is 0 Å². The number of amides is 3. The van der Waals surface area contributed by atoms with Gasteiger partial charge in [0.2, 0.25) is 0 Å². The predicted octanol–water partition coefficient (Wildman–Crippen LogP) is 3.04. The summed E-state index contributed by atoms with van der Waals surface area (Å²) in [6.07, 6.45) is 2.08. The highest BCUT2D eigenvalue weighted by Gasteiger charge is 2.20. The Kier molecular flexibility index (Phi) is 6.11. The van der Waals surface area contributed by atoms with Crippen LogP contribution >= 0.6 is 0 Å². The zero-order chi connectivity index (χ0) is 22.7. The molecule has 0 atom stereocenters. The van der Waals surface area contributed by atoms with Crippen molar-refractivity contribution < 1.29 is 9.59 Å². The monoisotopic (exact) mass is 433 g/mol. The Morgan fingerprint density at radius 2 is 1.72 bits per heavy atom. The van der Waals surface area contributed by atoms with Crippen LogP contribution < -0.4 is 16.2 Å². The van der Waals surface area contributed by atoms with E-state index >= 15 is 0 Å². The Morgan fingerprint density at radius 1 is 1.00 bits per heavy atom. The average molecular weight is 434 g/mol. The summed E-state index contributed by atoms with van der Waals surface area (Å²) in [5.74, 6) is 0.0233. The van der Waals surface area contributed by atoms with Crippen LogP contribution in [0.4, 0.5) is 10.5 Å². The van der Waals surface area contributed by atoms with Gasteiger partial charge in [-0.2, -0.15) is 0 Å². The van der Waals surface area contributed by atoms with Crippen LogP contribution in [-0.4, -0.2) is 39.3 Å². The van der Waals surface area contributed by atoms with Gasteiger partial charge in [0.05, 0.1) is 11.4 Å².